The lowest BCUT2D eigenvalue weighted by molar-refractivity contribution is 0.0660. The molecule has 0 atom stereocenters. The monoisotopic (exact) mass is 261 g/mol. The van der Waals surface area contributed by atoms with Crippen molar-refractivity contribution in [3.05, 3.63) is 47.9 Å². The van der Waals surface area contributed by atoms with Crippen LogP contribution in [0.15, 0.2) is 40.8 Å². The van der Waals surface area contributed by atoms with Gasteiger partial charge in [-0.15, -0.1) is 0 Å². The number of anilines is 1. The number of carbonyl (C=O) groups is 2. The average Bonchev–Trinajstić information content (AvgIpc) is 2.89. The number of hydrogen-bond acceptors (Lipinski definition) is 4. The molecule has 0 aliphatic carbocycles. The van der Waals surface area contributed by atoms with Crippen LogP contribution in [0.3, 0.4) is 0 Å². The van der Waals surface area contributed by atoms with Crippen LogP contribution in [0.1, 0.15) is 21.1 Å². The van der Waals surface area contributed by atoms with E-state index in [0.717, 1.165) is 0 Å². The van der Waals surface area contributed by atoms with Crippen LogP contribution in [0.4, 0.5) is 5.69 Å². The summed E-state index contributed by atoms with van der Waals surface area (Å²) in [6.45, 7) is 0. The Morgan fingerprint density at radius 3 is 2.26 bits per heavy atom. The molecule has 0 bridgehead atoms. The first-order valence-corrected chi connectivity index (χ1v) is 5.38. The molecule has 1 amide bonds. The summed E-state index contributed by atoms with van der Waals surface area (Å²) in [5, 5.41) is 11.3. The standard InChI is InChI=1S/C13H11NO5/c1-18-9-4-2-8(3-5-9)14-12(15)10-6-7-11(19-10)13(16)17/h2-7H,1H3,(H,14,15)(H,16,17). The Hall–Kier alpha value is -2.76. The maximum atomic E-state index is 11.8. The lowest BCUT2D eigenvalue weighted by Crippen LogP contribution is -2.10. The zero-order chi connectivity index (χ0) is 13.8. The molecular formula is C13H11NO5. The molecule has 1 aromatic carbocycles. The topological polar surface area (TPSA) is 88.8 Å². The zero-order valence-corrected chi connectivity index (χ0v) is 10.0. The molecule has 0 saturated heterocycles. The molecule has 6 nitrogen and oxygen atoms in total. The first-order chi connectivity index (χ1) is 9.10. The number of carboxylic acids is 1. The van der Waals surface area contributed by atoms with E-state index in [1.807, 2.05) is 0 Å². The van der Waals surface area contributed by atoms with Crippen LogP contribution < -0.4 is 10.1 Å². The highest BCUT2D eigenvalue weighted by molar-refractivity contribution is 6.02. The lowest BCUT2D eigenvalue weighted by Gasteiger charge is -2.04. The molecule has 19 heavy (non-hydrogen) atoms. The Kier molecular flexibility index (Phi) is 3.51. The van der Waals surface area contributed by atoms with Gasteiger partial charge in [0.25, 0.3) is 5.91 Å². The molecule has 2 aromatic rings. The zero-order valence-electron chi connectivity index (χ0n) is 10.0. The number of benzene rings is 1. The van der Waals surface area contributed by atoms with Gasteiger partial charge in [0.05, 0.1) is 7.11 Å². The highest BCUT2D eigenvalue weighted by Crippen LogP contribution is 2.16. The lowest BCUT2D eigenvalue weighted by atomic mass is 10.3. The number of nitrogens with one attached hydrogen (secondary N) is 1. The van der Waals surface area contributed by atoms with E-state index in [4.69, 9.17) is 14.3 Å². The van der Waals surface area contributed by atoms with E-state index in [0.29, 0.717) is 11.4 Å². The van der Waals surface area contributed by atoms with E-state index >= 15 is 0 Å². The van der Waals surface area contributed by atoms with Gasteiger partial charge in [0.15, 0.2) is 5.76 Å². The van der Waals surface area contributed by atoms with Crippen LogP contribution in [0.2, 0.25) is 0 Å². The predicted octanol–water partition coefficient (Wildman–Crippen LogP) is 2.24. The van der Waals surface area contributed by atoms with Crippen LogP contribution in [0.5, 0.6) is 5.75 Å². The van der Waals surface area contributed by atoms with E-state index < -0.39 is 11.9 Å². The first kappa shape index (κ1) is 12.7. The second-order valence-electron chi connectivity index (χ2n) is 3.65. The van der Waals surface area contributed by atoms with Crippen LogP contribution in [-0.2, 0) is 0 Å². The second kappa shape index (κ2) is 5.26. The van der Waals surface area contributed by atoms with Crippen molar-refractivity contribution in [2.75, 3.05) is 12.4 Å². The number of hydrogen-bond donors (Lipinski definition) is 2. The fourth-order valence-electron chi connectivity index (χ4n) is 1.44. The molecule has 1 aromatic heterocycles. The molecule has 0 aliphatic rings. The normalized spacial score (nSPS) is 9.95. The predicted molar refractivity (Wildman–Crippen MR) is 66.6 cm³/mol. The second-order valence-corrected chi connectivity index (χ2v) is 3.65. The van der Waals surface area contributed by atoms with Crippen LogP contribution in [-0.4, -0.2) is 24.1 Å². The minimum absolute atomic E-state index is 0.0618. The van der Waals surface area contributed by atoms with E-state index in [1.54, 1.807) is 31.4 Å². The van der Waals surface area contributed by atoms with Gasteiger partial charge >= 0.3 is 5.97 Å². The molecule has 2 rings (SSSR count). The Balaban J connectivity index is 2.08. The summed E-state index contributed by atoms with van der Waals surface area (Å²) in [5.74, 6) is -1.40. The van der Waals surface area contributed by atoms with Crippen molar-refractivity contribution >= 4 is 17.6 Å². The third kappa shape index (κ3) is 2.92. The summed E-state index contributed by atoms with van der Waals surface area (Å²) in [6.07, 6.45) is 0. The van der Waals surface area contributed by atoms with Gasteiger partial charge in [-0.1, -0.05) is 0 Å². The number of ether oxygens (including phenoxy) is 1. The molecule has 98 valence electrons. The largest absolute Gasteiger partial charge is 0.497 e. The van der Waals surface area contributed by atoms with Gasteiger partial charge in [0.1, 0.15) is 5.75 Å². The number of methoxy groups -OCH3 is 1. The van der Waals surface area contributed by atoms with Crippen molar-refractivity contribution in [1.29, 1.82) is 0 Å². The SMILES string of the molecule is COc1ccc(NC(=O)c2ccc(C(=O)O)o2)cc1. The smallest absolute Gasteiger partial charge is 0.371 e. The Morgan fingerprint density at radius 2 is 1.74 bits per heavy atom. The molecule has 0 spiro atoms. The van der Waals surface area contributed by atoms with Crippen LogP contribution in [0.25, 0.3) is 0 Å². The van der Waals surface area contributed by atoms with Gasteiger partial charge in [0, 0.05) is 5.69 Å². The van der Waals surface area contributed by atoms with Gasteiger partial charge in [0.2, 0.25) is 5.76 Å². The fraction of sp³-hybridized carbons (Fsp3) is 0.0769. The molecule has 0 radical (unpaired) electrons. The Labute approximate surface area is 108 Å². The molecule has 0 saturated carbocycles. The molecule has 0 aliphatic heterocycles. The quantitative estimate of drug-likeness (QED) is 0.881. The Bertz CT molecular complexity index is 600. The van der Waals surface area contributed by atoms with Gasteiger partial charge < -0.3 is 19.6 Å². The van der Waals surface area contributed by atoms with Gasteiger partial charge in [-0.05, 0) is 36.4 Å². The number of carbonyl (C=O) groups excluding carboxylic acids is 1. The fourth-order valence-corrected chi connectivity index (χ4v) is 1.44. The summed E-state index contributed by atoms with van der Waals surface area (Å²) >= 11 is 0. The molecular weight excluding hydrogens is 250 g/mol. The summed E-state index contributed by atoms with van der Waals surface area (Å²) < 4.78 is 9.88. The third-order valence-corrected chi connectivity index (χ3v) is 2.39. The third-order valence-electron chi connectivity index (χ3n) is 2.39. The molecule has 6 heteroatoms. The minimum Gasteiger partial charge on any atom is -0.497 e. The maximum Gasteiger partial charge on any atom is 0.371 e. The highest BCUT2D eigenvalue weighted by atomic mass is 16.5. The number of aromatic carboxylic acids is 1. The van der Waals surface area contributed by atoms with Crippen molar-refractivity contribution in [2.24, 2.45) is 0 Å². The number of carboxylic acid groups (broad SMARTS) is 1. The van der Waals surface area contributed by atoms with E-state index in [9.17, 15) is 9.59 Å². The average molecular weight is 261 g/mol. The summed E-state index contributed by atoms with van der Waals surface area (Å²) in [4.78, 5) is 22.4. The molecule has 2 N–H and O–H groups in total. The molecule has 1 heterocycles. The van der Waals surface area contributed by atoms with Crippen molar-refractivity contribution < 1.29 is 23.8 Å². The summed E-state index contributed by atoms with van der Waals surface area (Å²) in [7, 11) is 1.55. The van der Waals surface area contributed by atoms with Crippen molar-refractivity contribution in [2.45, 2.75) is 0 Å². The number of furan rings is 1. The van der Waals surface area contributed by atoms with Crippen molar-refractivity contribution in [1.82, 2.24) is 0 Å². The van der Waals surface area contributed by atoms with Crippen LogP contribution >= 0.6 is 0 Å². The Morgan fingerprint density at radius 1 is 1.11 bits per heavy atom. The van der Waals surface area contributed by atoms with E-state index in [1.165, 1.54) is 12.1 Å². The number of amides is 1. The van der Waals surface area contributed by atoms with Gasteiger partial charge in [-0.3, -0.25) is 4.79 Å². The first-order valence-electron chi connectivity index (χ1n) is 5.38. The van der Waals surface area contributed by atoms with Crippen molar-refractivity contribution in [3.8, 4) is 5.75 Å². The summed E-state index contributed by atoms with van der Waals surface area (Å²) in [6, 6.07) is 9.25. The summed E-state index contributed by atoms with van der Waals surface area (Å²) in [5.41, 5.74) is 0.555. The van der Waals surface area contributed by atoms with Crippen molar-refractivity contribution in [3.63, 3.8) is 0 Å². The van der Waals surface area contributed by atoms with Gasteiger partial charge in [-0.2, -0.15) is 0 Å². The van der Waals surface area contributed by atoms with Crippen LogP contribution in [0, 0.1) is 0 Å². The molecule has 0 unspecified atom stereocenters. The van der Waals surface area contributed by atoms with E-state index in [2.05, 4.69) is 5.32 Å². The molecule has 0 fully saturated rings. The maximum absolute atomic E-state index is 11.8. The minimum atomic E-state index is -1.22. The highest BCUT2D eigenvalue weighted by Gasteiger charge is 2.14. The van der Waals surface area contributed by atoms with Gasteiger partial charge in [-0.25, -0.2) is 4.79 Å². The van der Waals surface area contributed by atoms with E-state index in [-0.39, 0.29) is 11.5 Å². The number of rotatable bonds is 4.